The maximum atomic E-state index is 11.8. The Morgan fingerprint density at radius 2 is 2.12 bits per heavy atom. The number of nitrogens with zero attached hydrogens (tertiary/aromatic N) is 2. The molecule has 0 radical (unpaired) electrons. The van der Waals surface area contributed by atoms with Crippen molar-refractivity contribution in [2.45, 2.75) is 19.8 Å². The number of nitrogens with one attached hydrogen (secondary N) is 2. The van der Waals surface area contributed by atoms with Crippen LogP contribution in [0.1, 0.15) is 18.2 Å². The van der Waals surface area contributed by atoms with Crippen LogP contribution in [0.15, 0.2) is 22.6 Å². The van der Waals surface area contributed by atoms with Crippen LogP contribution in [-0.2, 0) is 20.7 Å². The van der Waals surface area contributed by atoms with Gasteiger partial charge in [-0.1, -0.05) is 6.07 Å². The van der Waals surface area contributed by atoms with Crippen molar-refractivity contribution < 1.29 is 14.3 Å². The molecule has 1 saturated heterocycles. The first-order chi connectivity index (χ1) is 11.6. The van der Waals surface area contributed by atoms with Crippen molar-refractivity contribution >= 4 is 28.9 Å². The highest BCUT2D eigenvalue weighted by Crippen LogP contribution is 2.08. The maximum absolute atomic E-state index is 11.8. The van der Waals surface area contributed by atoms with Gasteiger partial charge >= 0.3 is 0 Å². The minimum Gasteiger partial charge on any atom is -0.379 e. The van der Waals surface area contributed by atoms with Gasteiger partial charge in [0.25, 0.3) is 0 Å². The van der Waals surface area contributed by atoms with Gasteiger partial charge in [-0.15, -0.1) is 11.3 Å². The molecule has 2 amide bonds. The highest BCUT2D eigenvalue weighted by atomic mass is 32.1. The van der Waals surface area contributed by atoms with E-state index in [9.17, 15) is 9.59 Å². The van der Waals surface area contributed by atoms with Gasteiger partial charge in [-0.2, -0.15) is 5.10 Å². The van der Waals surface area contributed by atoms with E-state index in [1.807, 2.05) is 17.5 Å². The van der Waals surface area contributed by atoms with Crippen molar-refractivity contribution in [3.63, 3.8) is 0 Å². The number of carbonyl (C=O) groups is 2. The van der Waals surface area contributed by atoms with Crippen LogP contribution in [0.4, 0.5) is 0 Å². The molecule has 0 saturated carbocycles. The highest BCUT2D eigenvalue weighted by Gasteiger charge is 2.10. The number of morpholine rings is 1. The molecule has 0 atom stereocenters. The van der Waals surface area contributed by atoms with Gasteiger partial charge in [0.05, 0.1) is 26.1 Å². The van der Waals surface area contributed by atoms with Crippen LogP contribution >= 0.6 is 11.3 Å². The third-order valence-electron chi connectivity index (χ3n) is 3.56. The summed E-state index contributed by atoms with van der Waals surface area (Å²) >= 11 is 1.53. The zero-order valence-corrected chi connectivity index (χ0v) is 14.7. The lowest BCUT2D eigenvalue weighted by Crippen LogP contribution is -2.41. The average Bonchev–Trinajstić information content (AvgIpc) is 3.07. The van der Waals surface area contributed by atoms with Crippen molar-refractivity contribution in [2.75, 3.05) is 39.4 Å². The zero-order valence-electron chi connectivity index (χ0n) is 13.9. The topological polar surface area (TPSA) is 83.0 Å². The Kier molecular flexibility index (Phi) is 7.87. The second-order valence-electron chi connectivity index (χ2n) is 5.62. The van der Waals surface area contributed by atoms with E-state index in [0.717, 1.165) is 37.7 Å². The molecule has 7 nitrogen and oxygen atoms in total. The number of hydrogen-bond acceptors (Lipinski definition) is 6. The summed E-state index contributed by atoms with van der Waals surface area (Å²) in [5, 5.41) is 8.78. The van der Waals surface area contributed by atoms with Gasteiger partial charge in [0.2, 0.25) is 11.8 Å². The molecule has 132 valence electrons. The van der Waals surface area contributed by atoms with E-state index in [1.165, 1.54) is 11.3 Å². The third-order valence-corrected chi connectivity index (χ3v) is 4.43. The number of amides is 2. The minimum atomic E-state index is -0.176. The minimum absolute atomic E-state index is 0.0861. The van der Waals surface area contributed by atoms with Crippen LogP contribution in [0.5, 0.6) is 0 Å². The number of hydrazone groups is 1. The highest BCUT2D eigenvalue weighted by molar-refractivity contribution is 7.10. The molecule has 0 aliphatic carbocycles. The fourth-order valence-corrected chi connectivity index (χ4v) is 2.98. The van der Waals surface area contributed by atoms with E-state index < -0.39 is 0 Å². The molecule has 1 aliphatic heterocycles. The molecule has 0 aromatic carbocycles. The Hall–Kier alpha value is -1.77. The molecule has 0 unspecified atom stereocenters. The molecule has 2 N–H and O–H groups in total. The molecule has 1 aliphatic rings. The molecule has 0 spiro atoms. The molecule has 2 rings (SSSR count). The number of hydrogen-bond donors (Lipinski definition) is 2. The van der Waals surface area contributed by atoms with Gasteiger partial charge in [0.1, 0.15) is 0 Å². The monoisotopic (exact) mass is 352 g/mol. The Bertz CT molecular complexity index is 554. The summed E-state index contributed by atoms with van der Waals surface area (Å²) in [6.45, 7) is 6.49. The quantitative estimate of drug-likeness (QED) is 0.531. The fourth-order valence-electron chi connectivity index (χ4n) is 2.28. The van der Waals surface area contributed by atoms with Crippen molar-refractivity contribution in [1.29, 1.82) is 0 Å². The average molecular weight is 352 g/mol. The first kappa shape index (κ1) is 18.6. The predicted octanol–water partition coefficient (Wildman–Crippen LogP) is 0.621. The molecule has 1 aromatic heterocycles. The van der Waals surface area contributed by atoms with Crippen LogP contribution in [-0.4, -0.2) is 61.8 Å². The van der Waals surface area contributed by atoms with E-state index in [1.54, 1.807) is 6.92 Å². The Labute approximate surface area is 146 Å². The first-order valence-corrected chi connectivity index (χ1v) is 8.92. The molecule has 1 fully saturated rings. The van der Waals surface area contributed by atoms with Crippen molar-refractivity contribution in [2.24, 2.45) is 5.10 Å². The summed E-state index contributed by atoms with van der Waals surface area (Å²) in [5.74, 6) is -0.262. The summed E-state index contributed by atoms with van der Waals surface area (Å²) in [4.78, 5) is 26.8. The van der Waals surface area contributed by atoms with Crippen molar-refractivity contribution in [1.82, 2.24) is 15.6 Å². The standard InChI is InChI=1S/C16H24N4O3S/c1-13(18-19-16(22)12-14-3-2-10-24-14)11-15(21)17-4-5-20-6-8-23-9-7-20/h2-3,10H,4-9,11-12H2,1H3,(H,17,21)(H,19,22)/b18-13+. The molecular formula is C16H24N4O3S. The molecule has 1 aromatic rings. The van der Waals surface area contributed by atoms with Crippen LogP contribution in [0.3, 0.4) is 0 Å². The smallest absolute Gasteiger partial charge is 0.245 e. The SMILES string of the molecule is C/C(CC(=O)NCCN1CCOCC1)=N\NC(=O)Cc1cccs1. The predicted molar refractivity (Wildman–Crippen MR) is 94.2 cm³/mol. The van der Waals surface area contributed by atoms with Crippen LogP contribution in [0.2, 0.25) is 0 Å². The lowest BCUT2D eigenvalue weighted by molar-refractivity contribution is -0.121. The van der Waals surface area contributed by atoms with Gasteiger partial charge in [0, 0.05) is 36.8 Å². The van der Waals surface area contributed by atoms with Gasteiger partial charge in [-0.25, -0.2) is 5.43 Å². The van der Waals surface area contributed by atoms with Gasteiger partial charge < -0.3 is 10.1 Å². The van der Waals surface area contributed by atoms with Crippen LogP contribution < -0.4 is 10.7 Å². The zero-order chi connectivity index (χ0) is 17.2. The summed E-state index contributed by atoms with van der Waals surface area (Å²) < 4.78 is 5.28. The van der Waals surface area contributed by atoms with Gasteiger partial charge in [0.15, 0.2) is 0 Å². The molecule has 0 bridgehead atoms. The van der Waals surface area contributed by atoms with E-state index in [4.69, 9.17) is 4.74 Å². The van der Waals surface area contributed by atoms with E-state index in [-0.39, 0.29) is 18.2 Å². The Balaban J connectivity index is 1.60. The number of thiophene rings is 1. The van der Waals surface area contributed by atoms with Crippen LogP contribution in [0.25, 0.3) is 0 Å². The second-order valence-corrected chi connectivity index (χ2v) is 6.65. The lowest BCUT2D eigenvalue weighted by atomic mass is 10.3. The van der Waals surface area contributed by atoms with Crippen LogP contribution in [0, 0.1) is 0 Å². The van der Waals surface area contributed by atoms with Crippen molar-refractivity contribution in [3.8, 4) is 0 Å². The third kappa shape index (κ3) is 7.20. The largest absolute Gasteiger partial charge is 0.379 e. The summed E-state index contributed by atoms with van der Waals surface area (Å²) in [5.41, 5.74) is 3.07. The molecule has 8 heteroatoms. The van der Waals surface area contributed by atoms with E-state index in [0.29, 0.717) is 18.7 Å². The number of ether oxygens (including phenoxy) is 1. The summed E-state index contributed by atoms with van der Waals surface area (Å²) in [6, 6.07) is 3.81. The van der Waals surface area contributed by atoms with E-state index in [2.05, 4.69) is 20.7 Å². The molecule has 2 heterocycles. The fraction of sp³-hybridized carbons (Fsp3) is 0.562. The molecule has 24 heavy (non-hydrogen) atoms. The number of carbonyl (C=O) groups excluding carboxylic acids is 2. The number of rotatable bonds is 8. The van der Waals surface area contributed by atoms with E-state index >= 15 is 0 Å². The Morgan fingerprint density at radius 3 is 2.83 bits per heavy atom. The second kappa shape index (κ2) is 10.2. The van der Waals surface area contributed by atoms with Gasteiger partial charge in [-0.3, -0.25) is 14.5 Å². The normalized spacial score (nSPS) is 16.0. The molecular weight excluding hydrogens is 328 g/mol. The lowest BCUT2D eigenvalue weighted by Gasteiger charge is -2.26. The summed E-state index contributed by atoms with van der Waals surface area (Å²) in [7, 11) is 0. The van der Waals surface area contributed by atoms with Crippen molar-refractivity contribution in [3.05, 3.63) is 22.4 Å². The first-order valence-electron chi connectivity index (χ1n) is 8.04. The maximum Gasteiger partial charge on any atom is 0.245 e. The van der Waals surface area contributed by atoms with Gasteiger partial charge in [-0.05, 0) is 18.4 Å². The Morgan fingerprint density at radius 1 is 1.33 bits per heavy atom. The summed E-state index contributed by atoms with van der Waals surface area (Å²) in [6.07, 6.45) is 0.489.